The minimum Gasteiger partial charge on any atom is -0.304 e. The zero-order valence-electron chi connectivity index (χ0n) is 9.66. The highest BCUT2D eigenvalue weighted by atomic mass is 16.2. The summed E-state index contributed by atoms with van der Waals surface area (Å²) in [5, 5.41) is 8.54. The summed E-state index contributed by atoms with van der Waals surface area (Å²) in [7, 11) is 2.08. The first-order valence-corrected chi connectivity index (χ1v) is 5.41. The maximum atomic E-state index is 11.8. The zero-order chi connectivity index (χ0) is 11.5. The van der Waals surface area contributed by atoms with Gasteiger partial charge in [-0.2, -0.15) is 5.10 Å². The van der Waals surface area contributed by atoms with Crippen LogP contribution in [0.25, 0.3) is 0 Å². The van der Waals surface area contributed by atoms with E-state index in [1.165, 1.54) is 0 Å². The normalized spacial score (nSPS) is 18.6. The van der Waals surface area contributed by atoms with Crippen LogP contribution in [0, 0.1) is 6.92 Å². The number of hydrazine groups is 1. The third-order valence-corrected chi connectivity index (χ3v) is 2.84. The molecule has 0 aliphatic carbocycles. The molecule has 0 bridgehead atoms. The Morgan fingerprint density at radius 3 is 2.69 bits per heavy atom. The van der Waals surface area contributed by atoms with Gasteiger partial charge in [-0.25, -0.2) is 5.01 Å². The Kier molecular flexibility index (Phi) is 3.21. The first-order chi connectivity index (χ1) is 7.66. The fraction of sp³-hybridized carbons (Fsp3) is 0.600. The van der Waals surface area contributed by atoms with Gasteiger partial charge in [0.05, 0.1) is 11.8 Å². The molecule has 1 amide bonds. The molecule has 1 fully saturated rings. The van der Waals surface area contributed by atoms with Gasteiger partial charge in [0.2, 0.25) is 0 Å². The summed E-state index contributed by atoms with van der Waals surface area (Å²) in [5.41, 5.74) is 4.30. The van der Waals surface area contributed by atoms with Gasteiger partial charge in [-0.05, 0) is 14.0 Å². The molecule has 1 aromatic heterocycles. The van der Waals surface area contributed by atoms with Crippen LogP contribution in [0.2, 0.25) is 0 Å². The van der Waals surface area contributed by atoms with Crippen LogP contribution in [-0.4, -0.2) is 59.2 Å². The molecule has 1 aromatic rings. The molecular weight excluding hydrogens is 206 g/mol. The van der Waals surface area contributed by atoms with E-state index in [1.807, 2.05) is 11.9 Å². The lowest BCUT2D eigenvalue weighted by atomic mass is 10.2. The van der Waals surface area contributed by atoms with Crippen molar-refractivity contribution in [2.75, 3.05) is 33.2 Å². The molecule has 2 heterocycles. The molecule has 2 rings (SSSR count). The summed E-state index contributed by atoms with van der Waals surface area (Å²) in [6.45, 7) is 5.51. The average molecular weight is 223 g/mol. The van der Waals surface area contributed by atoms with Crippen molar-refractivity contribution in [3.05, 3.63) is 17.5 Å². The third kappa shape index (κ3) is 2.40. The van der Waals surface area contributed by atoms with Crippen LogP contribution in [0.15, 0.2) is 6.20 Å². The van der Waals surface area contributed by atoms with Crippen LogP contribution in [0.4, 0.5) is 0 Å². The number of aromatic nitrogens is 2. The largest absolute Gasteiger partial charge is 0.304 e. The fourth-order valence-electron chi connectivity index (χ4n) is 1.70. The Hall–Kier alpha value is -1.40. The van der Waals surface area contributed by atoms with Gasteiger partial charge in [-0.3, -0.25) is 15.3 Å². The topological polar surface area (TPSA) is 64.3 Å². The number of aromatic amines is 1. The van der Waals surface area contributed by atoms with Crippen molar-refractivity contribution in [2.45, 2.75) is 6.92 Å². The minimum absolute atomic E-state index is 0.0872. The van der Waals surface area contributed by atoms with Gasteiger partial charge in [0.25, 0.3) is 5.91 Å². The van der Waals surface area contributed by atoms with Gasteiger partial charge in [-0.15, -0.1) is 0 Å². The summed E-state index contributed by atoms with van der Waals surface area (Å²) in [5.74, 6) is -0.0872. The molecule has 0 spiro atoms. The maximum Gasteiger partial charge on any atom is 0.269 e. The summed E-state index contributed by atoms with van der Waals surface area (Å²) in [4.78, 5) is 14.1. The SMILES string of the molecule is Cc1[nH]ncc1C(=O)NN1CCN(C)CC1. The van der Waals surface area contributed by atoms with Crippen molar-refractivity contribution in [2.24, 2.45) is 0 Å². The van der Waals surface area contributed by atoms with Gasteiger partial charge in [0, 0.05) is 31.9 Å². The highest BCUT2D eigenvalue weighted by Crippen LogP contribution is 2.03. The molecule has 0 unspecified atom stereocenters. The maximum absolute atomic E-state index is 11.8. The molecule has 0 saturated carbocycles. The quantitative estimate of drug-likeness (QED) is 0.717. The van der Waals surface area contributed by atoms with Crippen molar-refractivity contribution >= 4 is 5.91 Å². The van der Waals surface area contributed by atoms with Crippen LogP contribution in [0.5, 0.6) is 0 Å². The van der Waals surface area contributed by atoms with Crippen LogP contribution in [0.3, 0.4) is 0 Å². The van der Waals surface area contributed by atoms with E-state index in [0.29, 0.717) is 5.56 Å². The van der Waals surface area contributed by atoms with Gasteiger partial charge in [0.1, 0.15) is 0 Å². The number of H-pyrrole nitrogens is 1. The first kappa shape index (κ1) is 11.1. The van der Waals surface area contributed by atoms with Crippen molar-refractivity contribution in [1.82, 2.24) is 25.5 Å². The molecule has 1 aliphatic rings. The molecule has 1 saturated heterocycles. The van der Waals surface area contributed by atoms with Crippen LogP contribution in [-0.2, 0) is 0 Å². The highest BCUT2D eigenvalue weighted by Gasteiger charge is 2.18. The monoisotopic (exact) mass is 223 g/mol. The summed E-state index contributed by atoms with van der Waals surface area (Å²) < 4.78 is 0. The molecule has 88 valence electrons. The van der Waals surface area contributed by atoms with Crippen molar-refractivity contribution in [3.63, 3.8) is 0 Å². The first-order valence-electron chi connectivity index (χ1n) is 5.41. The Morgan fingerprint density at radius 2 is 2.12 bits per heavy atom. The average Bonchev–Trinajstić information content (AvgIpc) is 2.68. The van der Waals surface area contributed by atoms with Crippen molar-refractivity contribution < 1.29 is 4.79 Å². The minimum atomic E-state index is -0.0872. The molecule has 0 atom stereocenters. The van der Waals surface area contributed by atoms with Crippen LogP contribution in [0.1, 0.15) is 16.1 Å². The number of likely N-dealkylation sites (N-methyl/N-ethyl adjacent to an activating group) is 1. The van der Waals surface area contributed by atoms with E-state index < -0.39 is 0 Å². The number of amides is 1. The highest BCUT2D eigenvalue weighted by molar-refractivity contribution is 5.94. The predicted molar refractivity (Wildman–Crippen MR) is 59.9 cm³/mol. The molecule has 6 heteroatoms. The molecule has 6 nitrogen and oxygen atoms in total. The second-order valence-corrected chi connectivity index (χ2v) is 4.14. The zero-order valence-corrected chi connectivity index (χ0v) is 9.66. The van der Waals surface area contributed by atoms with Gasteiger partial charge in [0.15, 0.2) is 0 Å². The van der Waals surface area contributed by atoms with E-state index in [1.54, 1.807) is 6.20 Å². The Labute approximate surface area is 94.6 Å². The summed E-state index contributed by atoms with van der Waals surface area (Å²) in [6, 6.07) is 0. The van der Waals surface area contributed by atoms with E-state index in [2.05, 4.69) is 27.6 Å². The lowest BCUT2D eigenvalue weighted by molar-refractivity contribution is 0.0662. The van der Waals surface area contributed by atoms with E-state index in [-0.39, 0.29) is 5.91 Å². The standard InChI is InChI=1S/C10H17N5O/c1-8-9(7-11-12-8)10(16)13-15-5-3-14(2)4-6-15/h7H,3-6H2,1-2H3,(H,11,12)(H,13,16). The number of hydrogen-bond donors (Lipinski definition) is 2. The van der Waals surface area contributed by atoms with Gasteiger partial charge in [-0.1, -0.05) is 0 Å². The molecule has 2 N–H and O–H groups in total. The van der Waals surface area contributed by atoms with E-state index in [9.17, 15) is 4.79 Å². The Morgan fingerprint density at radius 1 is 1.44 bits per heavy atom. The summed E-state index contributed by atoms with van der Waals surface area (Å²) >= 11 is 0. The second-order valence-electron chi connectivity index (χ2n) is 4.14. The van der Waals surface area contributed by atoms with Crippen molar-refractivity contribution in [1.29, 1.82) is 0 Å². The predicted octanol–water partition coefficient (Wildman–Crippen LogP) is -0.390. The number of aryl methyl sites for hydroxylation is 1. The summed E-state index contributed by atoms with van der Waals surface area (Å²) in [6.07, 6.45) is 1.56. The van der Waals surface area contributed by atoms with Crippen LogP contribution < -0.4 is 5.43 Å². The number of carbonyl (C=O) groups excluding carboxylic acids is 1. The lowest BCUT2D eigenvalue weighted by Crippen LogP contribution is -2.52. The molecule has 0 radical (unpaired) electrons. The molecule has 16 heavy (non-hydrogen) atoms. The number of rotatable bonds is 2. The lowest BCUT2D eigenvalue weighted by Gasteiger charge is -2.32. The molecule has 0 aromatic carbocycles. The number of hydrogen-bond acceptors (Lipinski definition) is 4. The fourth-order valence-corrected chi connectivity index (χ4v) is 1.70. The molecule has 1 aliphatic heterocycles. The van der Waals surface area contributed by atoms with Crippen LogP contribution >= 0.6 is 0 Å². The van der Waals surface area contributed by atoms with E-state index in [0.717, 1.165) is 31.9 Å². The number of nitrogens with zero attached hydrogens (tertiary/aromatic N) is 3. The second kappa shape index (κ2) is 4.63. The van der Waals surface area contributed by atoms with Gasteiger partial charge >= 0.3 is 0 Å². The number of carbonyl (C=O) groups is 1. The Balaban J connectivity index is 1.91. The van der Waals surface area contributed by atoms with E-state index in [4.69, 9.17) is 0 Å². The number of piperazine rings is 1. The molecular formula is C10H17N5O. The Bertz CT molecular complexity index is 367. The third-order valence-electron chi connectivity index (χ3n) is 2.84. The van der Waals surface area contributed by atoms with Gasteiger partial charge < -0.3 is 4.90 Å². The van der Waals surface area contributed by atoms with Crippen molar-refractivity contribution in [3.8, 4) is 0 Å². The number of nitrogens with one attached hydrogen (secondary N) is 2. The smallest absolute Gasteiger partial charge is 0.269 e. The van der Waals surface area contributed by atoms with E-state index >= 15 is 0 Å².